The third-order valence-corrected chi connectivity index (χ3v) is 5.50. The van der Waals surface area contributed by atoms with Gasteiger partial charge >= 0.3 is 12.0 Å². The number of ether oxygens (including phenoxy) is 1. The number of anilines is 1. The molecule has 1 heterocycles. The number of aryl methyl sites for hydroxylation is 1. The quantitative estimate of drug-likeness (QED) is 0.395. The number of carboxylic acids is 1. The number of hydrogen-bond acceptors (Lipinski definition) is 5. The normalized spacial score (nSPS) is 14.7. The minimum Gasteiger partial charge on any atom is -0.489 e. The van der Waals surface area contributed by atoms with Gasteiger partial charge in [-0.3, -0.25) is 14.9 Å². The zero-order valence-corrected chi connectivity index (χ0v) is 18.9. The third kappa shape index (κ3) is 5.27. The van der Waals surface area contributed by atoms with Crippen LogP contribution in [-0.2, 0) is 22.6 Å². The van der Waals surface area contributed by atoms with E-state index in [9.17, 15) is 19.2 Å². The Balaban J connectivity index is 1.47. The number of carbonyl (C=O) groups is 4. The van der Waals surface area contributed by atoms with Crippen molar-refractivity contribution in [1.29, 1.82) is 0 Å². The van der Waals surface area contributed by atoms with Crippen LogP contribution < -0.4 is 15.0 Å². The molecule has 0 atom stereocenters. The number of carbonyl (C=O) groups excluding carboxylic acids is 3. The Labute approximate surface area is 201 Å². The van der Waals surface area contributed by atoms with Crippen LogP contribution in [-0.4, -0.2) is 28.9 Å². The lowest BCUT2D eigenvalue weighted by molar-refractivity contribution is -0.122. The predicted octanol–water partition coefficient (Wildman–Crippen LogP) is 4.19. The van der Waals surface area contributed by atoms with Gasteiger partial charge in [0.05, 0.1) is 11.3 Å². The molecular formula is C27H22N2O6. The fraction of sp³-hybridized carbons (Fsp3) is 0.111. The van der Waals surface area contributed by atoms with E-state index < -0.39 is 23.8 Å². The molecule has 1 saturated heterocycles. The summed E-state index contributed by atoms with van der Waals surface area (Å²) in [6.07, 6.45) is 2.24. The number of barbiturate groups is 1. The molecule has 1 aliphatic rings. The Kier molecular flexibility index (Phi) is 6.73. The van der Waals surface area contributed by atoms with Crippen LogP contribution in [0.25, 0.3) is 6.08 Å². The van der Waals surface area contributed by atoms with Gasteiger partial charge in [-0.2, -0.15) is 0 Å². The molecule has 0 spiro atoms. The first-order chi connectivity index (χ1) is 16.9. The molecule has 35 heavy (non-hydrogen) atoms. The molecule has 0 aromatic heterocycles. The van der Waals surface area contributed by atoms with Gasteiger partial charge in [-0.15, -0.1) is 0 Å². The fourth-order valence-corrected chi connectivity index (χ4v) is 3.51. The lowest BCUT2D eigenvalue weighted by atomic mass is 10.1. The summed E-state index contributed by atoms with van der Waals surface area (Å²) in [5, 5.41) is 11.2. The summed E-state index contributed by atoms with van der Waals surface area (Å²) < 4.78 is 5.72. The Morgan fingerprint density at radius 2 is 1.54 bits per heavy atom. The van der Waals surface area contributed by atoms with Crippen LogP contribution in [0.2, 0.25) is 0 Å². The standard InChI is InChI=1S/C27H22N2O6/c1-2-17-5-11-21(12-6-17)29-25(31)23(24(30)28-27(29)34)15-18-7-13-22(14-8-18)35-16-19-3-9-20(10-4-19)26(32)33/h3-15H,2,16H2,1H3,(H,32,33)(H,28,30,34)/b23-15-. The number of nitrogens with one attached hydrogen (secondary N) is 1. The number of benzene rings is 3. The lowest BCUT2D eigenvalue weighted by Crippen LogP contribution is -2.54. The number of amides is 4. The predicted molar refractivity (Wildman–Crippen MR) is 129 cm³/mol. The number of nitrogens with zero attached hydrogens (tertiary/aromatic N) is 1. The van der Waals surface area contributed by atoms with Crippen LogP contribution in [0.15, 0.2) is 78.4 Å². The molecule has 0 radical (unpaired) electrons. The van der Waals surface area contributed by atoms with Crippen molar-refractivity contribution < 1.29 is 29.0 Å². The minimum atomic E-state index is -0.991. The molecule has 4 rings (SSSR count). The number of imide groups is 2. The van der Waals surface area contributed by atoms with E-state index in [4.69, 9.17) is 9.84 Å². The number of rotatable bonds is 7. The largest absolute Gasteiger partial charge is 0.489 e. The molecule has 8 nitrogen and oxygen atoms in total. The van der Waals surface area contributed by atoms with Crippen LogP contribution in [0.4, 0.5) is 10.5 Å². The van der Waals surface area contributed by atoms with Gasteiger partial charge in [-0.1, -0.05) is 43.3 Å². The molecule has 176 valence electrons. The molecule has 8 heteroatoms. The summed E-state index contributed by atoms with van der Waals surface area (Å²) in [7, 11) is 0. The first kappa shape index (κ1) is 23.4. The van der Waals surface area contributed by atoms with E-state index in [0.717, 1.165) is 22.4 Å². The van der Waals surface area contributed by atoms with Crippen molar-refractivity contribution in [3.8, 4) is 5.75 Å². The van der Waals surface area contributed by atoms with E-state index in [0.29, 0.717) is 17.0 Å². The van der Waals surface area contributed by atoms with E-state index in [-0.39, 0.29) is 17.7 Å². The average Bonchev–Trinajstić information content (AvgIpc) is 2.86. The van der Waals surface area contributed by atoms with Crippen molar-refractivity contribution in [1.82, 2.24) is 5.32 Å². The van der Waals surface area contributed by atoms with E-state index >= 15 is 0 Å². The maximum atomic E-state index is 13.0. The molecule has 0 aliphatic carbocycles. The highest BCUT2D eigenvalue weighted by Crippen LogP contribution is 2.23. The number of hydrogen-bond donors (Lipinski definition) is 2. The van der Waals surface area contributed by atoms with Crippen molar-refractivity contribution in [3.05, 3.63) is 101 Å². The zero-order chi connectivity index (χ0) is 24.9. The van der Waals surface area contributed by atoms with Crippen LogP contribution in [0.1, 0.15) is 34.0 Å². The summed E-state index contributed by atoms with van der Waals surface area (Å²) in [6, 6.07) is 19.3. The molecule has 0 unspecified atom stereocenters. The van der Waals surface area contributed by atoms with Gasteiger partial charge in [-0.05, 0) is 65.6 Å². The summed E-state index contributed by atoms with van der Waals surface area (Å²) >= 11 is 0. The zero-order valence-electron chi connectivity index (χ0n) is 18.9. The molecule has 0 saturated carbocycles. The first-order valence-electron chi connectivity index (χ1n) is 10.9. The first-order valence-corrected chi connectivity index (χ1v) is 10.9. The number of urea groups is 1. The van der Waals surface area contributed by atoms with Crippen molar-refractivity contribution in [2.45, 2.75) is 20.0 Å². The van der Waals surface area contributed by atoms with Crippen molar-refractivity contribution >= 4 is 35.6 Å². The second-order valence-electron chi connectivity index (χ2n) is 7.84. The molecule has 1 fully saturated rings. The molecule has 3 aromatic rings. The van der Waals surface area contributed by atoms with E-state index in [2.05, 4.69) is 5.32 Å². The van der Waals surface area contributed by atoms with Gasteiger partial charge in [0.25, 0.3) is 11.8 Å². The van der Waals surface area contributed by atoms with E-state index in [1.165, 1.54) is 18.2 Å². The highest BCUT2D eigenvalue weighted by molar-refractivity contribution is 6.39. The van der Waals surface area contributed by atoms with Crippen LogP contribution in [0.5, 0.6) is 5.75 Å². The average molecular weight is 470 g/mol. The Hall–Kier alpha value is -4.72. The third-order valence-electron chi connectivity index (χ3n) is 5.50. The summed E-state index contributed by atoms with van der Waals surface area (Å²) in [5.74, 6) is -1.89. The fourth-order valence-electron chi connectivity index (χ4n) is 3.51. The van der Waals surface area contributed by atoms with Crippen LogP contribution in [0.3, 0.4) is 0 Å². The van der Waals surface area contributed by atoms with Crippen molar-refractivity contribution in [2.75, 3.05) is 4.90 Å². The number of aromatic carboxylic acids is 1. The lowest BCUT2D eigenvalue weighted by Gasteiger charge is -2.26. The summed E-state index contributed by atoms with van der Waals surface area (Å²) in [4.78, 5) is 49.6. The molecule has 3 aromatic carbocycles. The summed E-state index contributed by atoms with van der Waals surface area (Å²) in [5.41, 5.74) is 2.87. The second-order valence-corrected chi connectivity index (χ2v) is 7.84. The molecular weight excluding hydrogens is 448 g/mol. The molecule has 1 aliphatic heterocycles. The Morgan fingerprint density at radius 3 is 2.14 bits per heavy atom. The van der Waals surface area contributed by atoms with Gasteiger partial charge in [0.2, 0.25) is 0 Å². The highest BCUT2D eigenvalue weighted by atomic mass is 16.5. The smallest absolute Gasteiger partial charge is 0.335 e. The van der Waals surface area contributed by atoms with Crippen molar-refractivity contribution in [3.63, 3.8) is 0 Å². The monoisotopic (exact) mass is 470 g/mol. The molecule has 4 amide bonds. The van der Waals surface area contributed by atoms with Gasteiger partial charge < -0.3 is 9.84 Å². The Morgan fingerprint density at radius 1 is 0.914 bits per heavy atom. The van der Waals surface area contributed by atoms with E-state index in [1.807, 2.05) is 19.1 Å². The van der Waals surface area contributed by atoms with Gasteiger partial charge in [0.1, 0.15) is 17.9 Å². The molecule has 2 N–H and O–H groups in total. The van der Waals surface area contributed by atoms with Crippen LogP contribution in [0, 0.1) is 0 Å². The topological polar surface area (TPSA) is 113 Å². The number of carboxylic acid groups (broad SMARTS) is 1. The highest BCUT2D eigenvalue weighted by Gasteiger charge is 2.36. The minimum absolute atomic E-state index is 0.156. The second kappa shape index (κ2) is 10.0. The van der Waals surface area contributed by atoms with Gasteiger partial charge in [0, 0.05) is 0 Å². The van der Waals surface area contributed by atoms with Crippen LogP contribution >= 0.6 is 0 Å². The van der Waals surface area contributed by atoms with Gasteiger partial charge in [-0.25, -0.2) is 14.5 Å². The van der Waals surface area contributed by atoms with Crippen molar-refractivity contribution in [2.24, 2.45) is 0 Å². The van der Waals surface area contributed by atoms with E-state index in [1.54, 1.807) is 48.5 Å². The maximum Gasteiger partial charge on any atom is 0.335 e. The Bertz CT molecular complexity index is 1310. The van der Waals surface area contributed by atoms with Gasteiger partial charge in [0.15, 0.2) is 0 Å². The summed E-state index contributed by atoms with van der Waals surface area (Å²) in [6.45, 7) is 2.25. The SMILES string of the molecule is CCc1ccc(N2C(=O)NC(=O)/C(=C/c3ccc(OCc4ccc(C(=O)O)cc4)cc3)C2=O)cc1. The maximum absolute atomic E-state index is 13.0. The molecule has 0 bridgehead atoms.